The molecule has 0 radical (unpaired) electrons. The highest BCUT2D eigenvalue weighted by Crippen LogP contribution is 2.34. The van der Waals surface area contributed by atoms with Crippen LogP contribution in [0.25, 0.3) is 0 Å². The molecule has 32 heavy (non-hydrogen) atoms. The van der Waals surface area contributed by atoms with Gasteiger partial charge in [0, 0.05) is 30.9 Å². The molecule has 0 aromatic heterocycles. The molecule has 0 heterocycles. The number of nitrogens with zero attached hydrogens (tertiary/aromatic N) is 3. The lowest BCUT2D eigenvalue weighted by atomic mass is 10.0. The van der Waals surface area contributed by atoms with Crippen LogP contribution in [-0.2, 0) is 19.4 Å². The summed E-state index contributed by atoms with van der Waals surface area (Å²) < 4.78 is 0. The van der Waals surface area contributed by atoms with Gasteiger partial charge in [0.1, 0.15) is 0 Å². The van der Waals surface area contributed by atoms with E-state index in [2.05, 4.69) is 30.9 Å². The summed E-state index contributed by atoms with van der Waals surface area (Å²) in [4.78, 5) is 26.8. The van der Waals surface area contributed by atoms with E-state index in [0.29, 0.717) is 5.56 Å². The van der Waals surface area contributed by atoms with Crippen LogP contribution in [0.4, 0.5) is 16.2 Å². The Morgan fingerprint density at radius 3 is 2.38 bits per heavy atom. The predicted molar refractivity (Wildman–Crippen MR) is 126 cm³/mol. The van der Waals surface area contributed by atoms with E-state index in [0.717, 1.165) is 56.4 Å². The van der Waals surface area contributed by atoms with Crippen molar-refractivity contribution in [2.45, 2.75) is 65.5 Å². The fourth-order valence-corrected chi connectivity index (χ4v) is 4.61. The van der Waals surface area contributed by atoms with Gasteiger partial charge in [-0.25, -0.2) is 4.79 Å². The van der Waals surface area contributed by atoms with E-state index in [1.54, 1.807) is 19.1 Å². The molecule has 0 bridgehead atoms. The van der Waals surface area contributed by atoms with Crippen LogP contribution < -0.4 is 4.90 Å². The van der Waals surface area contributed by atoms with Crippen molar-refractivity contribution >= 4 is 17.5 Å². The standard InChI is InChI=1S/C25H33N3O4/c1-4-12-26(13-5-2)24-16-21-10-6-9-20(21)14-22(24)17-27(25(29)30)18(3)19-8-7-11-23(15-19)28(31)32/h7-8,11,14-16,18H,4-6,9-10,12-13,17H2,1-3H3,(H,29,30). The van der Waals surface area contributed by atoms with Gasteiger partial charge in [-0.05, 0) is 67.3 Å². The molecule has 1 N–H and O–H groups in total. The number of non-ortho nitro benzene ring substituents is 1. The number of hydrogen-bond acceptors (Lipinski definition) is 4. The second-order valence-electron chi connectivity index (χ2n) is 8.53. The molecule has 0 saturated carbocycles. The molecular formula is C25H33N3O4. The van der Waals surface area contributed by atoms with Crippen molar-refractivity contribution in [2.24, 2.45) is 0 Å². The van der Waals surface area contributed by atoms with Crippen molar-refractivity contribution in [1.82, 2.24) is 4.90 Å². The molecule has 1 aliphatic rings. The first-order valence-electron chi connectivity index (χ1n) is 11.5. The fourth-order valence-electron chi connectivity index (χ4n) is 4.61. The Kier molecular flexibility index (Phi) is 7.72. The van der Waals surface area contributed by atoms with Gasteiger partial charge in [-0.15, -0.1) is 0 Å². The Morgan fingerprint density at radius 2 is 1.78 bits per heavy atom. The molecule has 2 aromatic carbocycles. The number of amides is 1. The number of carbonyl (C=O) groups is 1. The lowest BCUT2D eigenvalue weighted by Crippen LogP contribution is -2.33. The number of benzene rings is 2. The topological polar surface area (TPSA) is 86.9 Å². The molecular weight excluding hydrogens is 406 g/mol. The summed E-state index contributed by atoms with van der Waals surface area (Å²) in [6, 6.07) is 10.2. The molecule has 7 nitrogen and oxygen atoms in total. The van der Waals surface area contributed by atoms with E-state index in [4.69, 9.17) is 0 Å². The third-order valence-corrected chi connectivity index (χ3v) is 6.24. The van der Waals surface area contributed by atoms with Gasteiger partial charge >= 0.3 is 6.09 Å². The molecule has 1 aliphatic carbocycles. The van der Waals surface area contributed by atoms with Gasteiger partial charge in [0.15, 0.2) is 0 Å². The Balaban J connectivity index is 1.99. The Bertz CT molecular complexity index is 970. The minimum absolute atomic E-state index is 0.0324. The Labute approximate surface area is 189 Å². The lowest BCUT2D eigenvalue weighted by molar-refractivity contribution is -0.384. The summed E-state index contributed by atoms with van der Waals surface area (Å²) in [5, 5.41) is 21.2. The van der Waals surface area contributed by atoms with E-state index in [1.165, 1.54) is 28.2 Å². The quantitative estimate of drug-likeness (QED) is 0.365. The third kappa shape index (κ3) is 5.21. The van der Waals surface area contributed by atoms with Gasteiger partial charge in [-0.3, -0.25) is 15.0 Å². The maximum absolute atomic E-state index is 12.3. The molecule has 0 saturated heterocycles. The van der Waals surface area contributed by atoms with Crippen molar-refractivity contribution in [2.75, 3.05) is 18.0 Å². The zero-order chi connectivity index (χ0) is 23.3. The normalized spacial score (nSPS) is 13.5. The number of hydrogen-bond donors (Lipinski definition) is 1. The van der Waals surface area contributed by atoms with Crippen molar-refractivity contribution in [3.63, 3.8) is 0 Å². The minimum atomic E-state index is -1.03. The van der Waals surface area contributed by atoms with Crippen LogP contribution >= 0.6 is 0 Å². The summed E-state index contributed by atoms with van der Waals surface area (Å²) in [5.41, 5.74) is 5.39. The molecule has 1 amide bonds. The molecule has 7 heteroatoms. The van der Waals surface area contributed by atoms with E-state index in [1.807, 2.05) is 0 Å². The first-order chi connectivity index (χ1) is 15.3. The Hall–Kier alpha value is -3.09. The number of anilines is 1. The number of rotatable bonds is 10. The number of nitro benzene ring substituents is 1. The van der Waals surface area contributed by atoms with Gasteiger partial charge < -0.3 is 10.0 Å². The zero-order valence-electron chi connectivity index (χ0n) is 19.2. The average Bonchev–Trinajstić information content (AvgIpc) is 3.23. The Morgan fingerprint density at radius 1 is 1.12 bits per heavy atom. The van der Waals surface area contributed by atoms with Crippen LogP contribution in [0.3, 0.4) is 0 Å². The molecule has 172 valence electrons. The minimum Gasteiger partial charge on any atom is -0.465 e. The second-order valence-corrected chi connectivity index (χ2v) is 8.53. The lowest BCUT2D eigenvalue weighted by Gasteiger charge is -2.31. The highest BCUT2D eigenvalue weighted by Gasteiger charge is 2.26. The molecule has 2 aromatic rings. The van der Waals surface area contributed by atoms with Crippen LogP contribution in [0.15, 0.2) is 36.4 Å². The fraction of sp³-hybridized carbons (Fsp3) is 0.480. The van der Waals surface area contributed by atoms with Crippen LogP contribution in [0.5, 0.6) is 0 Å². The van der Waals surface area contributed by atoms with Crippen molar-refractivity contribution < 1.29 is 14.8 Å². The summed E-state index contributed by atoms with van der Waals surface area (Å²) >= 11 is 0. The molecule has 1 atom stereocenters. The van der Waals surface area contributed by atoms with Crippen LogP contribution in [0, 0.1) is 10.1 Å². The summed E-state index contributed by atoms with van der Waals surface area (Å²) in [7, 11) is 0. The van der Waals surface area contributed by atoms with Gasteiger partial charge in [0.25, 0.3) is 5.69 Å². The molecule has 0 fully saturated rings. The molecule has 0 aliphatic heterocycles. The van der Waals surface area contributed by atoms with E-state index in [-0.39, 0.29) is 12.2 Å². The van der Waals surface area contributed by atoms with E-state index < -0.39 is 17.1 Å². The largest absolute Gasteiger partial charge is 0.465 e. The first kappa shape index (κ1) is 23.6. The SMILES string of the molecule is CCCN(CCC)c1cc2c(cc1CN(C(=O)O)C(C)c1cccc([N+](=O)[O-])c1)CCC2. The summed E-state index contributed by atoms with van der Waals surface area (Å²) in [6.45, 7) is 8.19. The van der Waals surface area contributed by atoms with Gasteiger partial charge in [0.2, 0.25) is 0 Å². The van der Waals surface area contributed by atoms with Crippen LogP contribution in [0.2, 0.25) is 0 Å². The first-order valence-corrected chi connectivity index (χ1v) is 11.5. The second kappa shape index (κ2) is 10.5. The molecule has 1 unspecified atom stereocenters. The predicted octanol–water partition coefficient (Wildman–Crippen LogP) is 5.95. The molecule has 0 spiro atoms. The molecule has 3 rings (SSSR count). The van der Waals surface area contributed by atoms with Gasteiger partial charge in [-0.1, -0.05) is 32.0 Å². The monoisotopic (exact) mass is 439 g/mol. The maximum atomic E-state index is 12.3. The van der Waals surface area contributed by atoms with Gasteiger partial charge in [0.05, 0.1) is 17.5 Å². The zero-order valence-corrected chi connectivity index (χ0v) is 19.2. The van der Waals surface area contributed by atoms with Crippen molar-refractivity contribution in [3.8, 4) is 0 Å². The summed E-state index contributed by atoms with van der Waals surface area (Å²) in [6.07, 6.45) is 4.23. The van der Waals surface area contributed by atoms with Crippen LogP contribution in [0.1, 0.15) is 68.3 Å². The van der Waals surface area contributed by atoms with E-state index >= 15 is 0 Å². The van der Waals surface area contributed by atoms with Crippen molar-refractivity contribution in [1.29, 1.82) is 0 Å². The van der Waals surface area contributed by atoms with Crippen molar-refractivity contribution in [3.05, 3.63) is 68.8 Å². The maximum Gasteiger partial charge on any atom is 0.408 e. The van der Waals surface area contributed by atoms with Crippen LogP contribution in [-0.4, -0.2) is 34.1 Å². The highest BCUT2D eigenvalue weighted by molar-refractivity contribution is 5.67. The number of aryl methyl sites for hydroxylation is 2. The average molecular weight is 440 g/mol. The number of carboxylic acid groups (broad SMARTS) is 1. The number of nitro groups is 1. The van der Waals surface area contributed by atoms with E-state index in [9.17, 15) is 20.0 Å². The smallest absolute Gasteiger partial charge is 0.408 e. The number of fused-ring (bicyclic) bond motifs is 1. The summed E-state index contributed by atoms with van der Waals surface area (Å²) in [5.74, 6) is 0. The highest BCUT2D eigenvalue weighted by atomic mass is 16.6. The third-order valence-electron chi connectivity index (χ3n) is 6.24. The van der Waals surface area contributed by atoms with Gasteiger partial charge in [-0.2, -0.15) is 0 Å².